The van der Waals surface area contributed by atoms with Gasteiger partial charge >= 0.3 is 5.97 Å². The van der Waals surface area contributed by atoms with E-state index in [1.165, 1.54) is 11.3 Å². The number of hydrogen-bond acceptors (Lipinski definition) is 7. The SMILES string of the molecule is CCc1nnc(COC(=O)c2sc(-c3ccccc3)nc2C)o1. The van der Waals surface area contributed by atoms with Gasteiger partial charge in [-0.25, -0.2) is 9.78 Å². The van der Waals surface area contributed by atoms with Crippen molar-refractivity contribution in [1.29, 1.82) is 0 Å². The number of carbonyl (C=O) groups excluding carboxylic acids is 1. The van der Waals surface area contributed by atoms with Crippen LogP contribution in [0.3, 0.4) is 0 Å². The first-order valence-electron chi connectivity index (χ1n) is 7.18. The molecule has 0 bridgehead atoms. The quantitative estimate of drug-likeness (QED) is 0.667. The minimum Gasteiger partial charge on any atom is -0.451 e. The predicted molar refractivity (Wildman–Crippen MR) is 85.1 cm³/mol. The Kier molecular flexibility index (Phi) is 4.47. The Morgan fingerprint density at radius 3 is 2.65 bits per heavy atom. The number of thiazole rings is 1. The predicted octanol–water partition coefficient (Wildman–Crippen LogP) is 3.42. The first kappa shape index (κ1) is 15.4. The second kappa shape index (κ2) is 6.70. The topological polar surface area (TPSA) is 78.1 Å². The molecule has 0 aliphatic rings. The summed E-state index contributed by atoms with van der Waals surface area (Å²) in [5.74, 6) is 0.385. The van der Waals surface area contributed by atoms with Gasteiger partial charge in [-0.1, -0.05) is 37.3 Å². The maximum atomic E-state index is 12.2. The normalized spacial score (nSPS) is 10.7. The lowest BCUT2D eigenvalue weighted by Gasteiger charge is -1.99. The number of benzene rings is 1. The molecule has 0 saturated heterocycles. The molecule has 3 rings (SSSR count). The summed E-state index contributed by atoms with van der Waals surface area (Å²) in [6.07, 6.45) is 0.648. The molecule has 0 N–H and O–H groups in total. The van der Waals surface area contributed by atoms with Crippen molar-refractivity contribution >= 4 is 17.3 Å². The van der Waals surface area contributed by atoms with Crippen LogP contribution in [0.15, 0.2) is 34.7 Å². The lowest BCUT2D eigenvalue weighted by atomic mass is 10.2. The van der Waals surface area contributed by atoms with Crippen molar-refractivity contribution in [2.45, 2.75) is 26.9 Å². The average Bonchev–Trinajstić information content (AvgIpc) is 3.20. The number of aromatic nitrogens is 3. The van der Waals surface area contributed by atoms with E-state index in [0.29, 0.717) is 28.8 Å². The molecular weight excluding hydrogens is 314 g/mol. The minimum atomic E-state index is -0.432. The maximum absolute atomic E-state index is 12.2. The molecular formula is C16H15N3O3S. The third-order valence-electron chi connectivity index (χ3n) is 3.14. The van der Waals surface area contributed by atoms with Crippen molar-refractivity contribution in [1.82, 2.24) is 15.2 Å². The van der Waals surface area contributed by atoms with Crippen LogP contribution < -0.4 is 0 Å². The highest BCUT2D eigenvalue weighted by Crippen LogP contribution is 2.28. The number of hydrogen-bond donors (Lipinski definition) is 0. The fourth-order valence-corrected chi connectivity index (χ4v) is 2.94. The van der Waals surface area contributed by atoms with Crippen molar-refractivity contribution in [2.24, 2.45) is 0 Å². The van der Waals surface area contributed by atoms with E-state index in [9.17, 15) is 4.79 Å². The molecule has 0 aliphatic carbocycles. The molecule has 0 saturated carbocycles. The van der Waals surface area contributed by atoms with Gasteiger partial charge in [0.15, 0.2) is 6.61 Å². The Balaban J connectivity index is 1.71. The van der Waals surface area contributed by atoms with Crippen LogP contribution in [-0.2, 0) is 17.8 Å². The number of rotatable bonds is 5. The van der Waals surface area contributed by atoms with Crippen molar-refractivity contribution in [3.05, 3.63) is 52.7 Å². The first-order valence-corrected chi connectivity index (χ1v) is 8.00. The molecule has 0 atom stereocenters. The van der Waals surface area contributed by atoms with Crippen LogP contribution >= 0.6 is 11.3 Å². The molecule has 118 valence electrons. The van der Waals surface area contributed by atoms with Crippen LogP contribution in [0.5, 0.6) is 0 Å². The fourth-order valence-electron chi connectivity index (χ4n) is 1.97. The molecule has 2 heterocycles. The highest BCUT2D eigenvalue weighted by atomic mass is 32.1. The van der Waals surface area contributed by atoms with Gasteiger partial charge in [-0.2, -0.15) is 0 Å². The smallest absolute Gasteiger partial charge is 0.350 e. The zero-order valence-electron chi connectivity index (χ0n) is 12.8. The van der Waals surface area contributed by atoms with E-state index in [1.54, 1.807) is 6.92 Å². The highest BCUT2D eigenvalue weighted by molar-refractivity contribution is 7.17. The van der Waals surface area contributed by atoms with Gasteiger partial charge in [0.1, 0.15) is 9.88 Å². The Hall–Kier alpha value is -2.54. The summed E-state index contributed by atoms with van der Waals surface area (Å²) in [5, 5.41) is 8.44. The summed E-state index contributed by atoms with van der Waals surface area (Å²) >= 11 is 1.31. The standard InChI is InChI=1S/C16H15N3O3S/c1-3-12-18-19-13(22-12)9-21-16(20)14-10(2)17-15(23-14)11-7-5-4-6-8-11/h4-8H,3,9H2,1-2H3. The van der Waals surface area contributed by atoms with Crippen LogP contribution in [0.25, 0.3) is 10.6 Å². The van der Waals surface area contributed by atoms with Crippen molar-refractivity contribution in [3.63, 3.8) is 0 Å². The minimum absolute atomic E-state index is 0.0379. The van der Waals surface area contributed by atoms with Crippen molar-refractivity contribution in [2.75, 3.05) is 0 Å². The summed E-state index contributed by atoms with van der Waals surface area (Å²) in [4.78, 5) is 17.1. The molecule has 0 aliphatic heterocycles. The molecule has 6 nitrogen and oxygen atoms in total. The van der Waals surface area contributed by atoms with E-state index in [-0.39, 0.29) is 6.61 Å². The number of esters is 1. The molecule has 1 aromatic carbocycles. The van der Waals surface area contributed by atoms with Crippen LogP contribution in [0.1, 0.15) is 34.1 Å². The number of nitrogens with zero attached hydrogens (tertiary/aromatic N) is 3. The largest absolute Gasteiger partial charge is 0.451 e. The first-order chi connectivity index (χ1) is 11.2. The second-order valence-electron chi connectivity index (χ2n) is 4.82. The van der Waals surface area contributed by atoms with E-state index in [1.807, 2.05) is 37.3 Å². The third kappa shape index (κ3) is 3.45. The van der Waals surface area contributed by atoms with E-state index in [4.69, 9.17) is 9.15 Å². The molecule has 0 spiro atoms. The Bertz CT molecular complexity index is 811. The number of carbonyl (C=O) groups is 1. The Labute approximate surface area is 137 Å². The van der Waals surface area contributed by atoms with E-state index >= 15 is 0 Å². The van der Waals surface area contributed by atoms with Gasteiger partial charge in [-0.05, 0) is 6.92 Å². The van der Waals surface area contributed by atoms with E-state index < -0.39 is 5.97 Å². The van der Waals surface area contributed by atoms with Crippen molar-refractivity contribution in [3.8, 4) is 10.6 Å². The zero-order valence-corrected chi connectivity index (χ0v) is 13.6. The summed E-state index contributed by atoms with van der Waals surface area (Å²) < 4.78 is 10.5. The molecule has 2 aromatic heterocycles. The molecule has 0 unspecified atom stereocenters. The van der Waals surface area contributed by atoms with E-state index in [0.717, 1.165) is 10.6 Å². The van der Waals surface area contributed by atoms with Gasteiger partial charge in [0.05, 0.1) is 5.69 Å². The molecule has 23 heavy (non-hydrogen) atoms. The molecule has 7 heteroatoms. The summed E-state index contributed by atoms with van der Waals surface area (Å²) in [6.45, 7) is 3.67. The zero-order chi connectivity index (χ0) is 16.2. The number of aryl methyl sites for hydroxylation is 2. The third-order valence-corrected chi connectivity index (χ3v) is 4.33. The van der Waals surface area contributed by atoms with Gasteiger partial charge in [-0.3, -0.25) is 0 Å². The monoisotopic (exact) mass is 329 g/mol. The van der Waals surface area contributed by atoms with Crippen LogP contribution in [0.4, 0.5) is 0 Å². The van der Waals surface area contributed by atoms with Gasteiger partial charge in [0.25, 0.3) is 5.89 Å². The van der Waals surface area contributed by atoms with E-state index in [2.05, 4.69) is 15.2 Å². The van der Waals surface area contributed by atoms with Gasteiger partial charge in [0, 0.05) is 12.0 Å². The summed E-state index contributed by atoms with van der Waals surface area (Å²) in [5.41, 5.74) is 1.63. The number of ether oxygens (including phenoxy) is 1. The summed E-state index contributed by atoms with van der Waals surface area (Å²) in [6, 6.07) is 9.72. The lowest BCUT2D eigenvalue weighted by molar-refractivity contribution is 0.0441. The van der Waals surface area contributed by atoms with Crippen molar-refractivity contribution < 1.29 is 13.9 Å². The van der Waals surface area contributed by atoms with Crippen LogP contribution in [-0.4, -0.2) is 21.2 Å². The van der Waals surface area contributed by atoms with Crippen LogP contribution in [0.2, 0.25) is 0 Å². The lowest BCUT2D eigenvalue weighted by Crippen LogP contribution is -2.05. The van der Waals surface area contributed by atoms with Crippen LogP contribution in [0, 0.1) is 6.92 Å². The Morgan fingerprint density at radius 2 is 1.96 bits per heavy atom. The molecule has 0 radical (unpaired) electrons. The molecule has 0 fully saturated rings. The highest BCUT2D eigenvalue weighted by Gasteiger charge is 2.18. The second-order valence-corrected chi connectivity index (χ2v) is 5.82. The molecule has 0 amide bonds. The van der Waals surface area contributed by atoms with Gasteiger partial charge < -0.3 is 9.15 Å². The van der Waals surface area contributed by atoms with Gasteiger partial charge in [-0.15, -0.1) is 21.5 Å². The Morgan fingerprint density at radius 1 is 1.22 bits per heavy atom. The summed E-state index contributed by atoms with van der Waals surface area (Å²) in [7, 11) is 0. The van der Waals surface area contributed by atoms with Gasteiger partial charge in [0.2, 0.25) is 5.89 Å². The average molecular weight is 329 g/mol. The molecule has 3 aromatic rings. The fraction of sp³-hybridized carbons (Fsp3) is 0.250. The maximum Gasteiger partial charge on any atom is 0.350 e.